The highest BCUT2D eigenvalue weighted by Crippen LogP contribution is 2.29. The molecule has 8 heteroatoms. The Morgan fingerprint density at radius 2 is 1.84 bits per heavy atom. The summed E-state index contributed by atoms with van der Waals surface area (Å²) >= 11 is 0. The summed E-state index contributed by atoms with van der Waals surface area (Å²) in [5.74, 6) is 5.83. The highest BCUT2D eigenvalue weighted by atomic mass is 19.4. The van der Waals surface area contributed by atoms with Gasteiger partial charge in [0.25, 0.3) is 0 Å². The van der Waals surface area contributed by atoms with E-state index in [4.69, 9.17) is 4.74 Å². The van der Waals surface area contributed by atoms with Crippen molar-refractivity contribution in [1.82, 2.24) is 19.9 Å². The van der Waals surface area contributed by atoms with Gasteiger partial charge in [-0.05, 0) is 62.2 Å². The van der Waals surface area contributed by atoms with E-state index in [0.717, 1.165) is 31.8 Å². The van der Waals surface area contributed by atoms with Crippen LogP contribution in [-0.2, 0) is 6.18 Å². The van der Waals surface area contributed by atoms with Crippen LogP contribution in [0.3, 0.4) is 0 Å². The molecule has 1 aromatic carbocycles. The second-order valence-corrected chi connectivity index (χ2v) is 7.30. The number of hydrogen-bond acceptors (Lipinski definition) is 5. The normalized spacial score (nSPS) is 14.8. The minimum atomic E-state index is -4.42. The number of hydrogen-bond donors (Lipinski definition) is 0. The predicted octanol–water partition coefficient (Wildman–Crippen LogP) is 4.31. The number of piperidine rings is 1. The third-order valence-electron chi connectivity index (χ3n) is 5.02. The van der Waals surface area contributed by atoms with Crippen LogP contribution in [0.2, 0.25) is 0 Å². The summed E-state index contributed by atoms with van der Waals surface area (Å²) in [6, 6.07) is 8.40. The Morgan fingerprint density at radius 3 is 2.65 bits per heavy atom. The number of halogens is 3. The molecule has 0 saturated carbocycles. The predicted molar refractivity (Wildman–Crippen MR) is 111 cm³/mol. The van der Waals surface area contributed by atoms with Gasteiger partial charge in [0.05, 0.1) is 5.56 Å². The molecule has 1 saturated heterocycles. The van der Waals surface area contributed by atoms with Gasteiger partial charge in [-0.25, -0.2) is 15.0 Å². The van der Waals surface area contributed by atoms with Gasteiger partial charge in [0.2, 0.25) is 5.88 Å². The van der Waals surface area contributed by atoms with Gasteiger partial charge in [0, 0.05) is 18.3 Å². The molecule has 1 aliphatic heterocycles. The van der Waals surface area contributed by atoms with Crippen LogP contribution >= 0.6 is 0 Å². The summed E-state index contributed by atoms with van der Waals surface area (Å²) in [6.45, 7) is 3.31. The lowest BCUT2D eigenvalue weighted by Gasteiger charge is -2.26. The molecule has 0 aliphatic carbocycles. The maximum absolute atomic E-state index is 13.0. The number of benzene rings is 1. The van der Waals surface area contributed by atoms with Crippen molar-refractivity contribution in [3.05, 3.63) is 59.4 Å². The average molecular weight is 426 g/mol. The second-order valence-electron chi connectivity index (χ2n) is 7.30. The lowest BCUT2D eigenvalue weighted by Crippen LogP contribution is -2.33. The molecule has 1 aliphatic rings. The molecule has 3 aromatic rings. The zero-order valence-electron chi connectivity index (χ0n) is 16.8. The van der Waals surface area contributed by atoms with E-state index in [0.29, 0.717) is 17.8 Å². The molecule has 31 heavy (non-hydrogen) atoms. The number of rotatable bonds is 4. The number of nitrogens with zero attached hydrogens (tertiary/aromatic N) is 4. The van der Waals surface area contributed by atoms with Gasteiger partial charge in [-0.1, -0.05) is 18.4 Å². The average Bonchev–Trinajstić information content (AvgIpc) is 2.78. The van der Waals surface area contributed by atoms with Crippen LogP contribution in [-0.4, -0.2) is 46.1 Å². The fourth-order valence-electron chi connectivity index (χ4n) is 3.42. The van der Waals surface area contributed by atoms with E-state index in [2.05, 4.69) is 31.7 Å². The summed E-state index contributed by atoms with van der Waals surface area (Å²) in [5.41, 5.74) is 0.710. The van der Waals surface area contributed by atoms with Crippen molar-refractivity contribution in [1.29, 1.82) is 0 Å². The van der Waals surface area contributed by atoms with E-state index in [1.54, 1.807) is 18.3 Å². The van der Waals surface area contributed by atoms with Crippen molar-refractivity contribution in [3.8, 4) is 17.7 Å². The third kappa shape index (κ3) is 5.50. The van der Waals surface area contributed by atoms with Gasteiger partial charge in [-0.15, -0.1) is 0 Å². The van der Waals surface area contributed by atoms with Crippen molar-refractivity contribution in [2.45, 2.75) is 25.4 Å². The topological polar surface area (TPSA) is 51.1 Å². The Hall–Kier alpha value is -3.18. The second kappa shape index (κ2) is 9.31. The number of pyridine rings is 1. The third-order valence-corrected chi connectivity index (χ3v) is 5.02. The van der Waals surface area contributed by atoms with Gasteiger partial charge >= 0.3 is 6.18 Å². The molecule has 0 atom stereocenters. The summed E-state index contributed by atoms with van der Waals surface area (Å²) in [6.07, 6.45) is 0.811. The van der Waals surface area contributed by atoms with Crippen molar-refractivity contribution in [2.75, 3.05) is 26.2 Å². The zero-order chi connectivity index (χ0) is 21.7. The molecule has 0 radical (unpaired) electrons. The fourth-order valence-corrected chi connectivity index (χ4v) is 3.42. The quantitative estimate of drug-likeness (QED) is 0.582. The van der Waals surface area contributed by atoms with Gasteiger partial charge in [0.1, 0.15) is 12.1 Å². The van der Waals surface area contributed by atoms with Crippen molar-refractivity contribution >= 4 is 11.2 Å². The number of likely N-dealkylation sites (tertiary alicyclic amines) is 1. The summed E-state index contributed by atoms with van der Waals surface area (Å²) < 4.78 is 44.8. The highest BCUT2D eigenvalue weighted by molar-refractivity contribution is 5.71. The first-order chi connectivity index (χ1) is 15.0. The largest absolute Gasteiger partial charge is 0.474 e. The molecule has 0 spiro atoms. The lowest BCUT2D eigenvalue weighted by molar-refractivity contribution is -0.137. The summed E-state index contributed by atoms with van der Waals surface area (Å²) in [4.78, 5) is 15.4. The van der Waals surface area contributed by atoms with Gasteiger partial charge in [0.15, 0.2) is 11.3 Å². The van der Waals surface area contributed by atoms with Gasteiger partial charge in [-0.3, -0.25) is 4.90 Å². The SMILES string of the molecule is FC(F)(F)c1cccc(C#Cc2nc3ncccc3nc2OCCN2CCCCC2)c1. The highest BCUT2D eigenvalue weighted by Gasteiger charge is 2.30. The molecule has 4 rings (SSSR count). The number of ether oxygens (including phenoxy) is 1. The first-order valence-electron chi connectivity index (χ1n) is 10.2. The van der Waals surface area contributed by atoms with Crippen LogP contribution in [0.1, 0.15) is 36.1 Å². The van der Waals surface area contributed by atoms with Crippen LogP contribution < -0.4 is 4.74 Å². The van der Waals surface area contributed by atoms with Crippen LogP contribution in [0.15, 0.2) is 42.6 Å². The summed E-state index contributed by atoms with van der Waals surface area (Å²) in [5, 5.41) is 0. The van der Waals surface area contributed by atoms with Crippen LogP contribution in [0.4, 0.5) is 13.2 Å². The van der Waals surface area contributed by atoms with Crippen LogP contribution in [0.25, 0.3) is 11.2 Å². The Balaban J connectivity index is 1.59. The van der Waals surface area contributed by atoms with E-state index >= 15 is 0 Å². The van der Waals surface area contributed by atoms with E-state index in [1.807, 2.05) is 0 Å². The molecule has 0 unspecified atom stereocenters. The molecule has 1 fully saturated rings. The number of fused-ring (bicyclic) bond motifs is 1. The Kier molecular flexibility index (Phi) is 6.33. The van der Waals surface area contributed by atoms with Gasteiger partial charge in [-0.2, -0.15) is 13.2 Å². The van der Waals surface area contributed by atoms with Gasteiger partial charge < -0.3 is 4.74 Å². The first-order valence-corrected chi connectivity index (χ1v) is 10.2. The first kappa shape index (κ1) is 21.1. The standard InChI is InChI=1S/C23H21F3N4O/c24-23(25,26)18-7-4-6-17(16-18)9-10-20-22(29-19-8-5-11-27-21(19)28-20)31-15-14-30-12-2-1-3-13-30/h4-8,11,16H,1-3,12-15H2. The molecule has 160 valence electrons. The Labute approximate surface area is 178 Å². The Bertz CT molecular complexity index is 1110. The maximum Gasteiger partial charge on any atom is 0.416 e. The van der Waals surface area contributed by atoms with Crippen molar-refractivity contribution in [2.24, 2.45) is 0 Å². The van der Waals surface area contributed by atoms with E-state index in [9.17, 15) is 13.2 Å². The maximum atomic E-state index is 13.0. The molecule has 2 aromatic heterocycles. The zero-order valence-corrected chi connectivity index (χ0v) is 16.8. The molecule has 0 amide bonds. The minimum Gasteiger partial charge on any atom is -0.474 e. The molecule has 0 N–H and O–H groups in total. The van der Waals surface area contributed by atoms with E-state index in [1.165, 1.54) is 31.4 Å². The lowest BCUT2D eigenvalue weighted by atomic mass is 10.1. The van der Waals surface area contributed by atoms with Crippen LogP contribution in [0.5, 0.6) is 5.88 Å². The van der Waals surface area contributed by atoms with Crippen LogP contribution in [0, 0.1) is 11.8 Å². The fraction of sp³-hybridized carbons (Fsp3) is 0.348. The molecule has 3 heterocycles. The molecule has 0 bridgehead atoms. The minimum absolute atomic E-state index is 0.233. The Morgan fingerprint density at radius 1 is 1.00 bits per heavy atom. The van der Waals surface area contributed by atoms with E-state index < -0.39 is 11.7 Å². The number of aromatic nitrogens is 3. The summed E-state index contributed by atoms with van der Waals surface area (Å²) in [7, 11) is 0. The van der Waals surface area contributed by atoms with Crippen molar-refractivity contribution in [3.63, 3.8) is 0 Å². The smallest absolute Gasteiger partial charge is 0.416 e. The molecule has 5 nitrogen and oxygen atoms in total. The molecular weight excluding hydrogens is 405 g/mol. The monoisotopic (exact) mass is 426 g/mol. The van der Waals surface area contributed by atoms with Crippen molar-refractivity contribution < 1.29 is 17.9 Å². The molecular formula is C23H21F3N4O. The number of alkyl halides is 3. The van der Waals surface area contributed by atoms with E-state index in [-0.39, 0.29) is 17.1 Å².